The van der Waals surface area contributed by atoms with Crippen molar-refractivity contribution in [2.75, 3.05) is 19.5 Å². The highest BCUT2D eigenvalue weighted by atomic mass is 35.5. The predicted molar refractivity (Wildman–Crippen MR) is 91.3 cm³/mol. The van der Waals surface area contributed by atoms with Gasteiger partial charge in [0.15, 0.2) is 9.84 Å². The zero-order valence-corrected chi connectivity index (χ0v) is 14.7. The predicted octanol–water partition coefficient (Wildman–Crippen LogP) is 3.90. The smallest absolute Gasteiger partial charge is 0.175 e. The maximum Gasteiger partial charge on any atom is 0.175 e. The lowest BCUT2D eigenvalue weighted by Crippen LogP contribution is -2.06. The Morgan fingerprint density at radius 3 is 2.26 bits per heavy atom. The van der Waals surface area contributed by atoms with E-state index in [1.54, 1.807) is 18.2 Å². The second kappa shape index (κ2) is 7.70. The van der Waals surface area contributed by atoms with Crippen molar-refractivity contribution < 1.29 is 17.9 Å². The molecule has 0 amide bonds. The van der Waals surface area contributed by atoms with E-state index in [0.29, 0.717) is 36.2 Å². The molecule has 0 spiro atoms. The first kappa shape index (κ1) is 17.6. The van der Waals surface area contributed by atoms with Gasteiger partial charge < -0.3 is 9.47 Å². The summed E-state index contributed by atoms with van der Waals surface area (Å²) in [5, 5.41) is 0.599. The third-order valence-corrected chi connectivity index (χ3v) is 4.65. The third-order valence-electron chi connectivity index (χ3n) is 3.22. The van der Waals surface area contributed by atoms with E-state index < -0.39 is 9.84 Å². The highest BCUT2D eigenvalue weighted by Gasteiger charge is 2.07. The van der Waals surface area contributed by atoms with E-state index >= 15 is 0 Å². The van der Waals surface area contributed by atoms with Crippen molar-refractivity contribution in [3.8, 4) is 11.5 Å². The van der Waals surface area contributed by atoms with E-state index in [9.17, 15) is 8.42 Å². The van der Waals surface area contributed by atoms with Gasteiger partial charge in [-0.2, -0.15) is 0 Å². The minimum absolute atomic E-state index is 0.280. The number of sulfone groups is 1. The molecule has 0 aromatic heterocycles. The number of ether oxygens (including phenoxy) is 2. The van der Waals surface area contributed by atoms with Crippen molar-refractivity contribution in [2.45, 2.75) is 18.2 Å². The Morgan fingerprint density at radius 1 is 1.00 bits per heavy atom. The first-order valence-electron chi connectivity index (χ1n) is 7.19. The first-order valence-corrected chi connectivity index (χ1v) is 9.46. The Balaban J connectivity index is 1.78. The van der Waals surface area contributed by atoms with E-state index in [-0.39, 0.29) is 4.90 Å². The molecule has 0 unspecified atom stereocenters. The topological polar surface area (TPSA) is 52.6 Å². The molecule has 0 aliphatic heterocycles. The Kier molecular flexibility index (Phi) is 5.91. The minimum atomic E-state index is -3.18. The van der Waals surface area contributed by atoms with Gasteiger partial charge in [0.25, 0.3) is 0 Å². The van der Waals surface area contributed by atoms with Gasteiger partial charge in [0.2, 0.25) is 0 Å². The lowest BCUT2D eigenvalue weighted by Gasteiger charge is -2.11. The molecule has 2 rings (SSSR count). The van der Waals surface area contributed by atoms with Crippen molar-refractivity contribution >= 4 is 21.4 Å². The van der Waals surface area contributed by atoms with E-state index in [0.717, 1.165) is 5.56 Å². The molecule has 23 heavy (non-hydrogen) atoms. The maximum atomic E-state index is 11.4. The number of para-hydroxylation sites is 1. The quantitative estimate of drug-likeness (QED) is 0.707. The zero-order valence-electron chi connectivity index (χ0n) is 13.1. The lowest BCUT2D eigenvalue weighted by molar-refractivity contribution is 0.246. The summed E-state index contributed by atoms with van der Waals surface area (Å²) in [6, 6.07) is 12.0. The molecule has 0 saturated carbocycles. The van der Waals surface area contributed by atoms with E-state index in [1.165, 1.54) is 18.4 Å². The van der Waals surface area contributed by atoms with E-state index in [2.05, 4.69) is 0 Å². The molecule has 124 valence electrons. The van der Waals surface area contributed by atoms with Crippen molar-refractivity contribution in [3.05, 3.63) is 53.1 Å². The number of hydrogen-bond acceptors (Lipinski definition) is 4. The van der Waals surface area contributed by atoms with Crippen LogP contribution >= 0.6 is 11.6 Å². The van der Waals surface area contributed by atoms with Crippen LogP contribution in [0.5, 0.6) is 11.5 Å². The van der Waals surface area contributed by atoms with Crippen LogP contribution < -0.4 is 9.47 Å². The normalized spacial score (nSPS) is 11.3. The van der Waals surface area contributed by atoms with Gasteiger partial charge in [0.05, 0.1) is 23.1 Å². The van der Waals surface area contributed by atoms with Crippen molar-refractivity contribution in [3.63, 3.8) is 0 Å². The monoisotopic (exact) mass is 354 g/mol. The SMILES string of the molecule is Cc1cccc(Cl)c1OCCCOc1ccc(S(C)(=O)=O)cc1. The second-order valence-corrected chi connectivity index (χ2v) is 7.60. The van der Waals surface area contributed by atoms with Crippen LogP contribution in [-0.4, -0.2) is 27.9 Å². The highest BCUT2D eigenvalue weighted by molar-refractivity contribution is 7.90. The van der Waals surface area contributed by atoms with E-state index in [4.69, 9.17) is 21.1 Å². The molecule has 0 aliphatic carbocycles. The van der Waals surface area contributed by atoms with Gasteiger partial charge in [0.1, 0.15) is 11.5 Å². The molecule has 0 saturated heterocycles. The summed E-state index contributed by atoms with van der Waals surface area (Å²) in [6.45, 7) is 2.91. The minimum Gasteiger partial charge on any atom is -0.493 e. The van der Waals surface area contributed by atoms with Gasteiger partial charge in [-0.3, -0.25) is 0 Å². The summed E-state index contributed by atoms with van der Waals surface area (Å²) >= 11 is 6.08. The van der Waals surface area contributed by atoms with Gasteiger partial charge in [-0.1, -0.05) is 23.7 Å². The van der Waals surface area contributed by atoms with Crippen LogP contribution in [0.15, 0.2) is 47.4 Å². The standard InChI is InChI=1S/C17H19ClO4S/c1-13-5-3-6-16(18)17(13)22-12-4-11-21-14-7-9-15(10-8-14)23(2,19)20/h3,5-10H,4,11-12H2,1-2H3. The largest absolute Gasteiger partial charge is 0.493 e. The number of hydrogen-bond donors (Lipinski definition) is 0. The molecule has 0 bridgehead atoms. The number of aryl methyl sites for hydroxylation is 1. The molecule has 4 nitrogen and oxygen atoms in total. The molecule has 0 radical (unpaired) electrons. The summed E-state index contributed by atoms with van der Waals surface area (Å²) in [5.41, 5.74) is 0.995. The second-order valence-electron chi connectivity index (χ2n) is 5.18. The number of rotatable bonds is 7. The van der Waals surface area contributed by atoms with E-state index in [1.807, 2.05) is 19.1 Å². The van der Waals surface area contributed by atoms with Crippen LogP contribution in [0.4, 0.5) is 0 Å². The highest BCUT2D eigenvalue weighted by Crippen LogP contribution is 2.27. The molecular formula is C17H19ClO4S. The molecule has 0 atom stereocenters. The third kappa shape index (κ3) is 5.15. The summed E-state index contributed by atoms with van der Waals surface area (Å²) < 4.78 is 34.0. The van der Waals surface area contributed by atoms with Crippen LogP contribution in [0.2, 0.25) is 5.02 Å². The van der Waals surface area contributed by atoms with Crippen LogP contribution in [-0.2, 0) is 9.84 Å². The van der Waals surface area contributed by atoms with Crippen LogP contribution in [0.3, 0.4) is 0 Å². The maximum absolute atomic E-state index is 11.4. The fraction of sp³-hybridized carbons (Fsp3) is 0.294. The van der Waals surface area contributed by atoms with Crippen molar-refractivity contribution in [1.82, 2.24) is 0 Å². The van der Waals surface area contributed by atoms with Gasteiger partial charge in [-0.05, 0) is 42.8 Å². The molecule has 6 heteroatoms. The molecule has 2 aromatic rings. The average Bonchev–Trinajstić information content (AvgIpc) is 2.49. The molecular weight excluding hydrogens is 336 g/mol. The molecule has 0 aliphatic rings. The summed E-state index contributed by atoms with van der Waals surface area (Å²) in [4.78, 5) is 0.280. The molecule has 0 heterocycles. The van der Waals surface area contributed by atoms with Crippen LogP contribution in [0.1, 0.15) is 12.0 Å². The summed E-state index contributed by atoms with van der Waals surface area (Å²) in [5.74, 6) is 1.33. The Morgan fingerprint density at radius 2 is 1.65 bits per heavy atom. The zero-order chi connectivity index (χ0) is 16.9. The van der Waals surface area contributed by atoms with Gasteiger partial charge in [0, 0.05) is 12.7 Å². The average molecular weight is 355 g/mol. The van der Waals surface area contributed by atoms with Gasteiger partial charge in [-0.15, -0.1) is 0 Å². The molecule has 0 fully saturated rings. The van der Waals surface area contributed by atoms with Gasteiger partial charge >= 0.3 is 0 Å². The van der Waals surface area contributed by atoms with Crippen molar-refractivity contribution in [1.29, 1.82) is 0 Å². The first-order chi connectivity index (χ1) is 10.9. The number of benzene rings is 2. The lowest BCUT2D eigenvalue weighted by atomic mass is 10.2. The summed E-state index contributed by atoms with van der Waals surface area (Å²) in [7, 11) is -3.18. The fourth-order valence-corrected chi connectivity index (χ4v) is 2.91. The van der Waals surface area contributed by atoms with Crippen LogP contribution in [0.25, 0.3) is 0 Å². The van der Waals surface area contributed by atoms with Crippen molar-refractivity contribution in [2.24, 2.45) is 0 Å². The Labute approximate surface area is 141 Å². The summed E-state index contributed by atoms with van der Waals surface area (Å²) in [6.07, 6.45) is 1.87. The molecule has 0 N–H and O–H groups in total. The van der Waals surface area contributed by atoms with Gasteiger partial charge in [-0.25, -0.2) is 8.42 Å². The van der Waals surface area contributed by atoms with Crippen LogP contribution in [0, 0.1) is 6.92 Å². The molecule has 2 aromatic carbocycles. The Bertz CT molecular complexity index is 734. The number of halogens is 1. The Hall–Kier alpha value is -1.72. The fourth-order valence-electron chi connectivity index (χ4n) is 2.01.